The highest BCUT2D eigenvalue weighted by molar-refractivity contribution is 7.98. The van der Waals surface area contributed by atoms with Crippen LogP contribution in [0.15, 0.2) is 36.4 Å². The van der Waals surface area contributed by atoms with Crippen LogP contribution in [0.1, 0.15) is 36.2 Å². The summed E-state index contributed by atoms with van der Waals surface area (Å²) in [6.07, 6.45) is 6.09. The van der Waals surface area contributed by atoms with E-state index in [1.165, 1.54) is 5.56 Å². The van der Waals surface area contributed by atoms with Crippen molar-refractivity contribution in [2.75, 3.05) is 30.4 Å². The largest absolute Gasteiger partial charge is 0.342 e. The number of hydrogen-bond donors (Lipinski definition) is 1. The molecule has 1 fully saturated rings. The van der Waals surface area contributed by atoms with Crippen molar-refractivity contribution in [3.8, 4) is 0 Å². The second-order valence-electron chi connectivity index (χ2n) is 7.91. The van der Waals surface area contributed by atoms with E-state index in [0.29, 0.717) is 11.9 Å². The van der Waals surface area contributed by atoms with Gasteiger partial charge in [-0.15, -0.1) is 0 Å². The van der Waals surface area contributed by atoms with Gasteiger partial charge in [0.1, 0.15) is 6.04 Å². The number of rotatable bonds is 8. The number of hydrogen-bond acceptors (Lipinski definition) is 5. The van der Waals surface area contributed by atoms with Crippen LogP contribution in [0.25, 0.3) is 0 Å². The Morgan fingerprint density at radius 3 is 2.45 bits per heavy atom. The van der Waals surface area contributed by atoms with Crippen molar-refractivity contribution in [3.63, 3.8) is 0 Å². The van der Waals surface area contributed by atoms with Gasteiger partial charge >= 0.3 is 0 Å². The zero-order chi connectivity index (χ0) is 20.6. The first kappa shape index (κ1) is 21.6. The van der Waals surface area contributed by atoms with Crippen LogP contribution in [0, 0.1) is 19.8 Å². The molecule has 29 heavy (non-hydrogen) atoms. The lowest BCUT2D eigenvalue weighted by Gasteiger charge is -2.34. The number of aryl methyl sites for hydroxylation is 2. The highest BCUT2D eigenvalue weighted by Crippen LogP contribution is 2.23. The Bertz CT molecular complexity index is 770. The van der Waals surface area contributed by atoms with E-state index in [-0.39, 0.29) is 11.9 Å². The van der Waals surface area contributed by atoms with E-state index in [2.05, 4.69) is 51.9 Å². The minimum Gasteiger partial charge on any atom is -0.342 e. The van der Waals surface area contributed by atoms with Crippen molar-refractivity contribution in [2.45, 2.75) is 45.6 Å². The Balaban J connectivity index is 1.59. The first-order valence-corrected chi connectivity index (χ1v) is 11.8. The van der Waals surface area contributed by atoms with Crippen LogP contribution in [-0.2, 0) is 11.2 Å². The van der Waals surface area contributed by atoms with Crippen LogP contribution < -0.4 is 5.32 Å². The second kappa shape index (κ2) is 10.6. The molecule has 1 unspecified atom stereocenters. The van der Waals surface area contributed by atoms with Gasteiger partial charge in [-0.1, -0.05) is 30.3 Å². The molecule has 1 N–H and O–H groups in total. The Labute approximate surface area is 178 Å². The molecule has 0 spiro atoms. The number of aromatic nitrogens is 2. The smallest absolute Gasteiger partial charge is 0.245 e. The number of thioether (sulfide) groups is 1. The lowest BCUT2D eigenvalue weighted by molar-refractivity contribution is -0.133. The molecule has 0 bridgehead atoms. The zero-order valence-corrected chi connectivity index (χ0v) is 18.5. The summed E-state index contributed by atoms with van der Waals surface area (Å²) in [5.74, 6) is 2.32. The van der Waals surface area contributed by atoms with Gasteiger partial charge in [0.2, 0.25) is 11.9 Å². The monoisotopic (exact) mass is 412 g/mol. The van der Waals surface area contributed by atoms with Gasteiger partial charge in [-0.25, -0.2) is 9.97 Å². The first-order valence-electron chi connectivity index (χ1n) is 10.5. The fraction of sp³-hybridized carbons (Fsp3) is 0.522. The third kappa shape index (κ3) is 6.46. The molecule has 5 nitrogen and oxygen atoms in total. The molecule has 1 aliphatic rings. The Morgan fingerprint density at radius 2 is 1.83 bits per heavy atom. The number of nitrogens with zero attached hydrogens (tertiary/aromatic N) is 3. The summed E-state index contributed by atoms with van der Waals surface area (Å²) >= 11 is 1.76. The summed E-state index contributed by atoms with van der Waals surface area (Å²) in [7, 11) is 0. The van der Waals surface area contributed by atoms with Gasteiger partial charge in [-0.2, -0.15) is 11.8 Å². The molecule has 2 aromatic rings. The second-order valence-corrected chi connectivity index (χ2v) is 8.90. The summed E-state index contributed by atoms with van der Waals surface area (Å²) < 4.78 is 0. The van der Waals surface area contributed by atoms with Crippen LogP contribution in [0.4, 0.5) is 5.95 Å². The standard InChI is InChI=1S/C23H32N4OS/c1-17-15-18(2)25-23(24-17)26-21(11-14-29-3)22(28)27-12-9-20(10-13-27)16-19-7-5-4-6-8-19/h4-8,15,20-21H,9-14,16H2,1-3H3,(H,24,25,26). The first-order chi connectivity index (χ1) is 14.0. The predicted molar refractivity (Wildman–Crippen MR) is 121 cm³/mol. The van der Waals surface area contributed by atoms with Gasteiger partial charge in [0.15, 0.2) is 0 Å². The normalized spacial score (nSPS) is 15.9. The summed E-state index contributed by atoms with van der Waals surface area (Å²) in [5.41, 5.74) is 3.22. The molecule has 3 rings (SSSR count). The SMILES string of the molecule is CSCCC(Nc1nc(C)cc(C)n1)C(=O)N1CCC(Cc2ccccc2)CC1. The maximum Gasteiger partial charge on any atom is 0.245 e. The van der Waals surface area contributed by atoms with Gasteiger partial charge in [-0.05, 0) is 69.1 Å². The molecule has 1 aliphatic heterocycles. The number of anilines is 1. The average molecular weight is 413 g/mol. The molecule has 6 heteroatoms. The van der Waals surface area contributed by atoms with Crippen LogP contribution in [0.5, 0.6) is 0 Å². The van der Waals surface area contributed by atoms with Crippen molar-refractivity contribution in [2.24, 2.45) is 5.92 Å². The van der Waals surface area contributed by atoms with Gasteiger partial charge < -0.3 is 10.2 Å². The zero-order valence-electron chi connectivity index (χ0n) is 17.7. The van der Waals surface area contributed by atoms with E-state index in [1.54, 1.807) is 11.8 Å². The maximum absolute atomic E-state index is 13.2. The Kier molecular flexibility index (Phi) is 7.92. The van der Waals surface area contributed by atoms with E-state index in [0.717, 1.165) is 55.9 Å². The van der Waals surface area contributed by atoms with E-state index in [1.807, 2.05) is 24.8 Å². The lowest BCUT2D eigenvalue weighted by Crippen LogP contribution is -2.47. The van der Waals surface area contributed by atoms with Crippen molar-refractivity contribution < 1.29 is 4.79 Å². The van der Waals surface area contributed by atoms with E-state index in [4.69, 9.17) is 0 Å². The minimum absolute atomic E-state index is 0.181. The highest BCUT2D eigenvalue weighted by atomic mass is 32.2. The number of carbonyl (C=O) groups is 1. The maximum atomic E-state index is 13.2. The molecule has 1 aromatic heterocycles. The molecule has 1 aromatic carbocycles. The van der Waals surface area contributed by atoms with Crippen molar-refractivity contribution >= 4 is 23.6 Å². The van der Waals surface area contributed by atoms with Crippen LogP contribution in [-0.4, -0.2) is 51.9 Å². The Hall–Kier alpha value is -2.08. The molecule has 1 amide bonds. The predicted octanol–water partition coefficient (Wildman–Crippen LogP) is 4.11. The summed E-state index contributed by atoms with van der Waals surface area (Å²) in [6, 6.07) is 12.3. The number of likely N-dealkylation sites (tertiary alicyclic amines) is 1. The number of carbonyl (C=O) groups excluding carboxylic acids is 1. The topological polar surface area (TPSA) is 58.1 Å². The third-order valence-corrected chi connectivity index (χ3v) is 6.13. The molecule has 0 aliphatic carbocycles. The van der Waals surface area contributed by atoms with Gasteiger partial charge in [0.25, 0.3) is 0 Å². The molecular formula is C23H32N4OS. The number of piperidine rings is 1. The lowest BCUT2D eigenvalue weighted by atomic mass is 9.90. The van der Waals surface area contributed by atoms with Crippen LogP contribution in [0.3, 0.4) is 0 Å². The number of nitrogens with one attached hydrogen (secondary N) is 1. The van der Waals surface area contributed by atoms with Crippen molar-refractivity contribution in [3.05, 3.63) is 53.3 Å². The number of benzene rings is 1. The van der Waals surface area contributed by atoms with Crippen LogP contribution >= 0.6 is 11.8 Å². The van der Waals surface area contributed by atoms with Crippen molar-refractivity contribution in [1.82, 2.24) is 14.9 Å². The fourth-order valence-electron chi connectivity index (χ4n) is 3.96. The van der Waals surface area contributed by atoms with Gasteiger partial charge in [0.05, 0.1) is 0 Å². The fourth-order valence-corrected chi connectivity index (χ4v) is 4.44. The van der Waals surface area contributed by atoms with Crippen LogP contribution in [0.2, 0.25) is 0 Å². The molecule has 1 saturated heterocycles. The minimum atomic E-state index is -0.269. The molecule has 0 saturated carbocycles. The Morgan fingerprint density at radius 1 is 1.17 bits per heavy atom. The molecular weight excluding hydrogens is 380 g/mol. The van der Waals surface area contributed by atoms with Gasteiger partial charge in [0, 0.05) is 24.5 Å². The van der Waals surface area contributed by atoms with E-state index < -0.39 is 0 Å². The quantitative estimate of drug-likeness (QED) is 0.707. The van der Waals surface area contributed by atoms with E-state index in [9.17, 15) is 4.79 Å². The number of amides is 1. The average Bonchev–Trinajstić information content (AvgIpc) is 2.71. The van der Waals surface area contributed by atoms with E-state index >= 15 is 0 Å². The summed E-state index contributed by atoms with van der Waals surface area (Å²) in [5, 5.41) is 3.32. The summed E-state index contributed by atoms with van der Waals surface area (Å²) in [6.45, 7) is 5.58. The summed E-state index contributed by atoms with van der Waals surface area (Å²) in [4.78, 5) is 24.2. The highest BCUT2D eigenvalue weighted by Gasteiger charge is 2.28. The van der Waals surface area contributed by atoms with Crippen molar-refractivity contribution in [1.29, 1.82) is 0 Å². The molecule has 0 radical (unpaired) electrons. The molecule has 1 atom stereocenters. The van der Waals surface area contributed by atoms with Gasteiger partial charge in [-0.3, -0.25) is 4.79 Å². The third-order valence-electron chi connectivity index (χ3n) is 5.49. The molecule has 156 valence electrons. The molecule has 2 heterocycles.